The molecule has 1 aromatic heterocycles. The minimum atomic E-state index is 0.769. The van der Waals surface area contributed by atoms with Gasteiger partial charge in [-0.05, 0) is 49.3 Å². The molecule has 0 atom stereocenters. The predicted molar refractivity (Wildman–Crippen MR) is 75.8 cm³/mol. The second kappa shape index (κ2) is 6.07. The van der Waals surface area contributed by atoms with Crippen LogP contribution in [0.15, 0.2) is 53.1 Å². The largest absolute Gasteiger partial charge is 0.463 e. The van der Waals surface area contributed by atoms with Gasteiger partial charge < -0.3 is 9.73 Å². The third-order valence-electron chi connectivity index (χ3n) is 4.28. The molecule has 0 radical (unpaired) electrons. The van der Waals surface area contributed by atoms with Gasteiger partial charge in [-0.2, -0.15) is 0 Å². The Morgan fingerprint density at radius 3 is 2.42 bits per heavy atom. The number of furan rings is 1. The Bertz CT molecular complexity index is 469. The number of benzene rings is 1. The molecule has 3 rings (SSSR count). The fourth-order valence-electron chi connectivity index (χ4n) is 3.12. The second-order valence-corrected chi connectivity index (χ2v) is 5.54. The highest BCUT2D eigenvalue weighted by Crippen LogP contribution is 2.31. The Kier molecular flexibility index (Phi) is 3.99. The smallest absolute Gasteiger partial charge is 0.157 e. The average molecular weight is 256 g/mol. The summed E-state index contributed by atoms with van der Waals surface area (Å²) >= 11 is 0. The topological polar surface area (TPSA) is 29.8 Å². The third-order valence-corrected chi connectivity index (χ3v) is 4.28. The molecule has 1 aliphatic carbocycles. The minimum absolute atomic E-state index is 0.769. The molecule has 1 aromatic carbocycles. The molecule has 100 valence electrons. The van der Waals surface area contributed by atoms with Crippen LogP contribution < -0.4 is 5.32 Å². The first-order valence-electron chi connectivity index (χ1n) is 7.32. The molecule has 2 heteroatoms. The molecule has 2 N–H and O–H groups in total. The van der Waals surface area contributed by atoms with Crippen molar-refractivity contribution in [1.82, 2.24) is 0 Å². The van der Waals surface area contributed by atoms with Gasteiger partial charge in [-0.3, -0.25) is 0 Å². The lowest BCUT2D eigenvalue weighted by atomic mass is 9.82. The molecule has 1 heterocycles. The summed E-state index contributed by atoms with van der Waals surface area (Å²) in [6.45, 7) is 0.980. The van der Waals surface area contributed by atoms with Gasteiger partial charge in [0.2, 0.25) is 0 Å². The molecule has 0 aliphatic heterocycles. The van der Waals surface area contributed by atoms with Crippen LogP contribution in [0.25, 0.3) is 0 Å². The molecule has 0 spiro atoms. The second-order valence-electron chi connectivity index (χ2n) is 5.54. The van der Waals surface area contributed by atoms with E-state index in [0.717, 1.165) is 24.3 Å². The van der Waals surface area contributed by atoms with Crippen LogP contribution in [0.2, 0.25) is 0 Å². The van der Waals surface area contributed by atoms with Crippen molar-refractivity contribution in [1.29, 1.82) is 0 Å². The maximum Gasteiger partial charge on any atom is 0.157 e. The van der Waals surface area contributed by atoms with Gasteiger partial charge in [0.1, 0.15) is 6.54 Å². The summed E-state index contributed by atoms with van der Waals surface area (Å²) in [4.78, 5) is 0. The standard InChI is InChI=1S/C17H21NO/c1-2-5-14(6-3-1)15-8-10-16(11-9-15)18-13-17-7-4-12-19-17/h1-7,12,15-16,18H,8-11,13H2/p+1. The lowest BCUT2D eigenvalue weighted by molar-refractivity contribution is -0.708. The molecule has 2 nitrogen and oxygen atoms in total. The summed E-state index contributed by atoms with van der Waals surface area (Å²) in [6, 6.07) is 15.8. The van der Waals surface area contributed by atoms with E-state index < -0.39 is 0 Å². The maximum atomic E-state index is 5.38. The third kappa shape index (κ3) is 3.27. The van der Waals surface area contributed by atoms with Crippen molar-refractivity contribution >= 4 is 0 Å². The van der Waals surface area contributed by atoms with Crippen LogP contribution in [-0.2, 0) is 6.54 Å². The Morgan fingerprint density at radius 2 is 1.74 bits per heavy atom. The molecule has 1 aliphatic rings. The first-order chi connectivity index (χ1) is 9.42. The zero-order chi connectivity index (χ0) is 12.9. The SMILES string of the molecule is c1ccc(C2CCC([NH2+]Cc3ccco3)CC2)cc1. The molecular weight excluding hydrogens is 234 g/mol. The van der Waals surface area contributed by atoms with E-state index in [1.807, 2.05) is 6.07 Å². The summed E-state index contributed by atoms with van der Waals surface area (Å²) in [5.41, 5.74) is 1.52. The van der Waals surface area contributed by atoms with Crippen LogP contribution in [0.5, 0.6) is 0 Å². The number of rotatable bonds is 4. The van der Waals surface area contributed by atoms with Gasteiger partial charge in [-0.15, -0.1) is 0 Å². The van der Waals surface area contributed by atoms with Crippen LogP contribution in [0, 0.1) is 0 Å². The molecule has 19 heavy (non-hydrogen) atoms. The Labute approximate surface area is 114 Å². The van der Waals surface area contributed by atoms with Gasteiger partial charge in [0.05, 0.1) is 12.3 Å². The van der Waals surface area contributed by atoms with Gasteiger partial charge in [0.25, 0.3) is 0 Å². The molecule has 0 bridgehead atoms. The Morgan fingerprint density at radius 1 is 0.947 bits per heavy atom. The lowest BCUT2D eigenvalue weighted by Gasteiger charge is -2.27. The first kappa shape index (κ1) is 12.5. The highest BCUT2D eigenvalue weighted by Gasteiger charge is 2.24. The average Bonchev–Trinajstić information content (AvgIpc) is 3.00. The van der Waals surface area contributed by atoms with E-state index in [1.54, 1.807) is 6.26 Å². The highest BCUT2D eigenvalue weighted by molar-refractivity contribution is 5.19. The lowest BCUT2D eigenvalue weighted by Crippen LogP contribution is -2.88. The van der Waals surface area contributed by atoms with E-state index in [4.69, 9.17) is 4.42 Å². The normalized spacial score (nSPS) is 23.4. The quantitative estimate of drug-likeness (QED) is 0.895. The van der Waals surface area contributed by atoms with Crippen LogP contribution >= 0.6 is 0 Å². The van der Waals surface area contributed by atoms with E-state index in [0.29, 0.717) is 0 Å². The molecule has 2 aromatic rings. The van der Waals surface area contributed by atoms with Crippen LogP contribution in [0.1, 0.15) is 42.9 Å². The summed E-state index contributed by atoms with van der Waals surface area (Å²) in [6.07, 6.45) is 7.04. The molecule has 0 saturated heterocycles. The molecule has 1 saturated carbocycles. The number of hydrogen-bond donors (Lipinski definition) is 1. The zero-order valence-corrected chi connectivity index (χ0v) is 11.3. The molecule has 1 fully saturated rings. The van der Waals surface area contributed by atoms with Crippen molar-refractivity contribution in [3.8, 4) is 0 Å². The van der Waals surface area contributed by atoms with E-state index >= 15 is 0 Å². The first-order valence-corrected chi connectivity index (χ1v) is 7.32. The van der Waals surface area contributed by atoms with Gasteiger partial charge in [0, 0.05) is 0 Å². The summed E-state index contributed by atoms with van der Waals surface area (Å²) < 4.78 is 5.38. The summed E-state index contributed by atoms with van der Waals surface area (Å²) in [5, 5.41) is 2.44. The molecule has 0 unspecified atom stereocenters. The van der Waals surface area contributed by atoms with Crippen molar-refractivity contribution < 1.29 is 9.73 Å². The van der Waals surface area contributed by atoms with Crippen molar-refractivity contribution in [2.45, 2.75) is 44.2 Å². The predicted octanol–water partition coefficient (Wildman–Crippen LogP) is 3.07. The maximum absolute atomic E-state index is 5.38. The van der Waals surface area contributed by atoms with Gasteiger partial charge in [-0.25, -0.2) is 0 Å². The summed E-state index contributed by atoms with van der Waals surface area (Å²) in [7, 11) is 0. The number of nitrogens with two attached hydrogens (primary N) is 1. The van der Waals surface area contributed by atoms with Gasteiger partial charge in [0.15, 0.2) is 5.76 Å². The van der Waals surface area contributed by atoms with E-state index in [1.165, 1.54) is 31.2 Å². The van der Waals surface area contributed by atoms with Gasteiger partial charge >= 0.3 is 0 Å². The number of hydrogen-bond acceptors (Lipinski definition) is 1. The number of quaternary nitrogens is 1. The zero-order valence-electron chi connectivity index (χ0n) is 11.3. The van der Waals surface area contributed by atoms with Crippen LogP contribution in [0.4, 0.5) is 0 Å². The van der Waals surface area contributed by atoms with Crippen molar-refractivity contribution in [2.75, 3.05) is 0 Å². The van der Waals surface area contributed by atoms with Crippen molar-refractivity contribution in [3.63, 3.8) is 0 Å². The van der Waals surface area contributed by atoms with Crippen LogP contribution in [0.3, 0.4) is 0 Å². The van der Waals surface area contributed by atoms with Crippen molar-refractivity contribution in [3.05, 3.63) is 60.1 Å². The highest BCUT2D eigenvalue weighted by atomic mass is 16.3. The minimum Gasteiger partial charge on any atom is -0.463 e. The fourth-order valence-corrected chi connectivity index (χ4v) is 3.12. The van der Waals surface area contributed by atoms with Gasteiger partial charge in [-0.1, -0.05) is 30.3 Å². The summed E-state index contributed by atoms with van der Waals surface area (Å²) in [5.74, 6) is 1.86. The Hall–Kier alpha value is -1.54. The molecular formula is C17H22NO+. The van der Waals surface area contributed by atoms with Crippen LogP contribution in [-0.4, -0.2) is 6.04 Å². The van der Waals surface area contributed by atoms with E-state index in [9.17, 15) is 0 Å². The monoisotopic (exact) mass is 256 g/mol. The Balaban J connectivity index is 1.47. The van der Waals surface area contributed by atoms with E-state index in [-0.39, 0.29) is 0 Å². The van der Waals surface area contributed by atoms with E-state index in [2.05, 4.69) is 41.7 Å². The van der Waals surface area contributed by atoms with Crippen molar-refractivity contribution in [2.24, 2.45) is 0 Å². The fraction of sp³-hybridized carbons (Fsp3) is 0.412. The molecule has 0 amide bonds.